The van der Waals surface area contributed by atoms with Gasteiger partial charge in [0.1, 0.15) is 23.2 Å². The number of hydrogen-bond acceptors (Lipinski definition) is 4. The highest BCUT2D eigenvalue weighted by Gasteiger charge is 2.27. The zero-order valence-corrected chi connectivity index (χ0v) is 14.4. The van der Waals surface area contributed by atoms with Gasteiger partial charge in [-0.2, -0.15) is 0 Å². The molecule has 1 saturated heterocycles. The standard InChI is InChI=1S/C10H18NO.C7H8O3S/c1-3-5-11(6-4-2)7-9-12-10-8-11;1-6-2-4-7(5-3-6)11(8,9)10/h3-4H,1-2,5-10H2;2-5H,1H3,(H,8,9,10)/q+1;/p-1. The first-order valence-corrected chi connectivity index (χ1v) is 8.91. The molecule has 1 fully saturated rings. The Morgan fingerprint density at radius 1 is 1.13 bits per heavy atom. The Bertz CT molecular complexity index is 590. The summed E-state index contributed by atoms with van der Waals surface area (Å²) in [4.78, 5) is -0.178. The predicted octanol–water partition coefficient (Wildman–Crippen LogP) is 2.10. The molecule has 0 unspecified atom stereocenters. The molecule has 128 valence electrons. The minimum Gasteiger partial charge on any atom is -0.744 e. The minimum atomic E-state index is -4.27. The van der Waals surface area contributed by atoms with E-state index in [9.17, 15) is 13.0 Å². The molecule has 0 saturated carbocycles. The number of nitrogens with zero attached hydrogens (tertiary/aromatic N) is 1. The Morgan fingerprint density at radius 3 is 2.00 bits per heavy atom. The third-order valence-corrected chi connectivity index (χ3v) is 4.61. The van der Waals surface area contributed by atoms with Gasteiger partial charge in [0.15, 0.2) is 0 Å². The molecule has 1 aromatic rings. The van der Waals surface area contributed by atoms with Gasteiger partial charge in [-0.3, -0.25) is 0 Å². The van der Waals surface area contributed by atoms with Crippen molar-refractivity contribution in [2.75, 3.05) is 39.4 Å². The van der Waals surface area contributed by atoms with Crippen molar-refractivity contribution in [3.63, 3.8) is 0 Å². The molecule has 1 aliphatic rings. The second-order valence-electron chi connectivity index (χ2n) is 5.61. The van der Waals surface area contributed by atoms with Crippen molar-refractivity contribution in [2.45, 2.75) is 11.8 Å². The fourth-order valence-electron chi connectivity index (χ4n) is 2.42. The minimum absolute atomic E-state index is 0.178. The molecular formula is C17H25NO4S. The van der Waals surface area contributed by atoms with Gasteiger partial charge in [0, 0.05) is 0 Å². The average Bonchev–Trinajstić information content (AvgIpc) is 2.49. The van der Waals surface area contributed by atoms with Crippen LogP contribution in [0.3, 0.4) is 0 Å². The summed E-state index contributed by atoms with van der Waals surface area (Å²) >= 11 is 0. The molecule has 6 heteroatoms. The van der Waals surface area contributed by atoms with Crippen LogP contribution in [0.1, 0.15) is 5.56 Å². The van der Waals surface area contributed by atoms with E-state index in [0.717, 1.165) is 49.4 Å². The second-order valence-corrected chi connectivity index (χ2v) is 6.99. The molecule has 0 amide bonds. The van der Waals surface area contributed by atoms with Crippen LogP contribution in [-0.4, -0.2) is 56.8 Å². The van der Waals surface area contributed by atoms with Gasteiger partial charge in [0.05, 0.1) is 31.2 Å². The smallest absolute Gasteiger partial charge is 0.124 e. The van der Waals surface area contributed by atoms with E-state index in [-0.39, 0.29) is 4.90 Å². The van der Waals surface area contributed by atoms with Crippen molar-refractivity contribution in [1.82, 2.24) is 0 Å². The number of rotatable bonds is 5. The molecule has 0 radical (unpaired) electrons. The maximum absolute atomic E-state index is 10.4. The van der Waals surface area contributed by atoms with Gasteiger partial charge in [-0.05, 0) is 31.2 Å². The summed E-state index contributed by atoms with van der Waals surface area (Å²) in [6.45, 7) is 15.4. The van der Waals surface area contributed by atoms with Crippen LogP contribution in [0.25, 0.3) is 0 Å². The average molecular weight is 339 g/mol. The molecule has 0 N–H and O–H groups in total. The lowest BCUT2D eigenvalue weighted by molar-refractivity contribution is -0.924. The van der Waals surface area contributed by atoms with Crippen LogP contribution in [-0.2, 0) is 14.9 Å². The highest BCUT2D eigenvalue weighted by molar-refractivity contribution is 7.85. The molecule has 1 aromatic carbocycles. The van der Waals surface area contributed by atoms with Gasteiger partial charge >= 0.3 is 0 Å². The largest absolute Gasteiger partial charge is 0.744 e. The third-order valence-electron chi connectivity index (χ3n) is 3.76. The fraction of sp³-hybridized carbons (Fsp3) is 0.412. The lowest BCUT2D eigenvalue weighted by atomic mass is 10.2. The first-order chi connectivity index (χ1) is 10.8. The zero-order chi connectivity index (χ0) is 17.3. The van der Waals surface area contributed by atoms with E-state index in [0.29, 0.717) is 0 Å². The van der Waals surface area contributed by atoms with Crippen molar-refractivity contribution in [1.29, 1.82) is 0 Å². The first kappa shape index (κ1) is 19.6. The van der Waals surface area contributed by atoms with Crippen molar-refractivity contribution < 1.29 is 22.2 Å². The number of aryl methyl sites for hydroxylation is 1. The van der Waals surface area contributed by atoms with E-state index in [1.54, 1.807) is 12.1 Å². The Kier molecular flexibility index (Phi) is 7.64. The monoisotopic (exact) mass is 339 g/mol. The lowest BCUT2D eigenvalue weighted by Gasteiger charge is -2.39. The molecule has 1 heterocycles. The maximum atomic E-state index is 10.4. The molecule has 0 aliphatic carbocycles. The molecule has 2 rings (SSSR count). The summed E-state index contributed by atoms with van der Waals surface area (Å²) in [6.07, 6.45) is 3.99. The Labute approximate surface area is 139 Å². The third kappa shape index (κ3) is 6.66. The van der Waals surface area contributed by atoms with Gasteiger partial charge in [-0.25, -0.2) is 8.42 Å². The number of morpholine rings is 1. The number of ether oxygens (including phenoxy) is 1. The number of hydrogen-bond donors (Lipinski definition) is 0. The van der Waals surface area contributed by atoms with Crippen LogP contribution < -0.4 is 0 Å². The van der Waals surface area contributed by atoms with Gasteiger partial charge in [0.25, 0.3) is 0 Å². The summed E-state index contributed by atoms with van der Waals surface area (Å²) in [5, 5.41) is 0. The summed E-state index contributed by atoms with van der Waals surface area (Å²) in [5.74, 6) is 0. The highest BCUT2D eigenvalue weighted by Crippen LogP contribution is 2.11. The van der Waals surface area contributed by atoms with Crippen LogP contribution in [0.4, 0.5) is 0 Å². The molecule has 5 nitrogen and oxygen atoms in total. The SMILES string of the molecule is C=CC[N+]1(CC=C)CCOCC1.Cc1ccc(S(=O)(=O)[O-])cc1. The molecule has 0 aromatic heterocycles. The van der Waals surface area contributed by atoms with E-state index < -0.39 is 10.1 Å². The number of benzene rings is 1. The second kappa shape index (κ2) is 8.98. The molecule has 23 heavy (non-hydrogen) atoms. The highest BCUT2D eigenvalue weighted by atomic mass is 32.2. The van der Waals surface area contributed by atoms with E-state index in [1.807, 2.05) is 19.1 Å². The van der Waals surface area contributed by atoms with Gasteiger partial charge in [-0.1, -0.05) is 30.9 Å². The van der Waals surface area contributed by atoms with Gasteiger partial charge in [-0.15, -0.1) is 0 Å². The summed E-state index contributed by atoms with van der Waals surface area (Å²) < 4.78 is 37.6. The van der Waals surface area contributed by atoms with E-state index in [4.69, 9.17) is 4.74 Å². The van der Waals surface area contributed by atoms with Crippen LogP contribution in [0, 0.1) is 6.92 Å². The fourth-order valence-corrected chi connectivity index (χ4v) is 2.89. The normalized spacial score (nSPS) is 16.8. The number of quaternary nitrogens is 1. The van der Waals surface area contributed by atoms with Crippen LogP contribution in [0.5, 0.6) is 0 Å². The maximum Gasteiger partial charge on any atom is 0.124 e. The lowest BCUT2D eigenvalue weighted by Crippen LogP contribution is -2.55. The predicted molar refractivity (Wildman–Crippen MR) is 90.1 cm³/mol. The summed E-state index contributed by atoms with van der Waals surface area (Å²) in [6, 6.07) is 5.78. The topological polar surface area (TPSA) is 66.4 Å². The summed E-state index contributed by atoms with van der Waals surface area (Å²) in [7, 11) is -4.27. The van der Waals surface area contributed by atoms with Crippen LogP contribution >= 0.6 is 0 Å². The molecule has 0 atom stereocenters. The van der Waals surface area contributed by atoms with Gasteiger partial charge in [0.2, 0.25) is 0 Å². The molecule has 0 spiro atoms. The summed E-state index contributed by atoms with van der Waals surface area (Å²) in [5.41, 5.74) is 0.928. The van der Waals surface area contributed by atoms with Crippen molar-refractivity contribution in [3.8, 4) is 0 Å². The van der Waals surface area contributed by atoms with Gasteiger partial charge < -0.3 is 13.8 Å². The Morgan fingerprint density at radius 2 is 1.61 bits per heavy atom. The first-order valence-electron chi connectivity index (χ1n) is 7.50. The zero-order valence-electron chi connectivity index (χ0n) is 13.6. The van der Waals surface area contributed by atoms with Crippen molar-refractivity contribution in [2.24, 2.45) is 0 Å². The van der Waals surface area contributed by atoms with E-state index >= 15 is 0 Å². The molecular weight excluding hydrogens is 314 g/mol. The molecule has 1 aliphatic heterocycles. The Hall–Kier alpha value is -1.47. The van der Waals surface area contributed by atoms with Crippen molar-refractivity contribution >= 4 is 10.1 Å². The van der Waals surface area contributed by atoms with Crippen LogP contribution in [0.2, 0.25) is 0 Å². The van der Waals surface area contributed by atoms with Crippen LogP contribution in [0.15, 0.2) is 54.5 Å². The quantitative estimate of drug-likeness (QED) is 0.468. The van der Waals surface area contributed by atoms with Crippen molar-refractivity contribution in [3.05, 3.63) is 55.1 Å². The van der Waals surface area contributed by atoms with E-state index in [2.05, 4.69) is 13.2 Å². The molecule has 0 bridgehead atoms. The Balaban J connectivity index is 0.000000231. The van der Waals surface area contributed by atoms with E-state index in [1.165, 1.54) is 12.1 Å².